The topological polar surface area (TPSA) is 78.0 Å². The van der Waals surface area contributed by atoms with Crippen molar-refractivity contribution in [1.29, 1.82) is 0 Å². The minimum Gasteiger partial charge on any atom is -0.369 e. The van der Waals surface area contributed by atoms with E-state index in [9.17, 15) is 9.59 Å². The third kappa shape index (κ3) is 5.15. The lowest BCUT2D eigenvalue weighted by molar-refractivity contribution is -0.193. The highest BCUT2D eigenvalue weighted by Gasteiger charge is 2.26. The average molecular weight is 361 g/mol. The summed E-state index contributed by atoms with van der Waals surface area (Å²) in [5.74, 6) is -0.299. The summed E-state index contributed by atoms with van der Waals surface area (Å²) in [5.41, 5.74) is 1.13. The number of hydrogen-bond acceptors (Lipinski definition) is 7. The number of carbonyl (C=O) groups excluding carboxylic acids is 2. The van der Waals surface area contributed by atoms with Crippen molar-refractivity contribution >= 4 is 18.1 Å². The standard InChI is InChI=1S/C18H27N5O3/c24-15-20-17(22-8-2-1-3-9-22)14-18(25)26-23-12-10-21(11-13-23)16-4-6-19-7-5-16/h4-7,15,17H,1-3,8-14H2,(H,20,24). The number of nitrogens with one attached hydrogen (secondary N) is 1. The number of nitrogens with zero attached hydrogens (tertiary/aromatic N) is 4. The zero-order valence-corrected chi connectivity index (χ0v) is 15.0. The summed E-state index contributed by atoms with van der Waals surface area (Å²) in [6.45, 7) is 4.71. The summed E-state index contributed by atoms with van der Waals surface area (Å²) < 4.78 is 0. The van der Waals surface area contributed by atoms with Crippen molar-refractivity contribution in [3.8, 4) is 0 Å². The van der Waals surface area contributed by atoms with Crippen molar-refractivity contribution in [2.24, 2.45) is 0 Å². The van der Waals surface area contributed by atoms with Gasteiger partial charge in [-0.2, -0.15) is 0 Å². The lowest BCUT2D eigenvalue weighted by Crippen LogP contribution is -2.50. The van der Waals surface area contributed by atoms with Crippen LogP contribution in [-0.2, 0) is 14.4 Å². The number of pyridine rings is 1. The first-order chi connectivity index (χ1) is 12.8. The number of anilines is 1. The smallest absolute Gasteiger partial charge is 0.328 e. The second kappa shape index (κ2) is 9.49. The van der Waals surface area contributed by atoms with Gasteiger partial charge in [-0.3, -0.25) is 19.5 Å². The highest BCUT2D eigenvalue weighted by molar-refractivity contribution is 5.70. The van der Waals surface area contributed by atoms with Crippen LogP contribution < -0.4 is 10.2 Å². The van der Waals surface area contributed by atoms with Crippen LogP contribution in [0.1, 0.15) is 25.7 Å². The molecule has 2 saturated heterocycles. The van der Waals surface area contributed by atoms with E-state index in [1.807, 2.05) is 12.1 Å². The van der Waals surface area contributed by atoms with Crippen molar-refractivity contribution in [3.05, 3.63) is 24.5 Å². The van der Waals surface area contributed by atoms with E-state index in [2.05, 4.69) is 20.1 Å². The first kappa shape index (κ1) is 18.6. The maximum Gasteiger partial charge on any atom is 0.328 e. The molecule has 0 radical (unpaired) electrons. The highest BCUT2D eigenvalue weighted by atomic mass is 16.7. The van der Waals surface area contributed by atoms with Gasteiger partial charge >= 0.3 is 5.97 Å². The van der Waals surface area contributed by atoms with Crippen LogP contribution in [0, 0.1) is 0 Å². The molecule has 0 spiro atoms. The Bertz CT molecular complexity index is 571. The lowest BCUT2D eigenvalue weighted by atomic mass is 10.1. The van der Waals surface area contributed by atoms with E-state index in [0.717, 1.165) is 44.7 Å². The number of piperidine rings is 1. The first-order valence-electron chi connectivity index (χ1n) is 9.31. The Kier molecular flexibility index (Phi) is 6.79. The molecule has 0 bridgehead atoms. The van der Waals surface area contributed by atoms with Crippen molar-refractivity contribution in [2.45, 2.75) is 31.8 Å². The van der Waals surface area contributed by atoms with Crippen LogP contribution in [0.3, 0.4) is 0 Å². The predicted molar refractivity (Wildman–Crippen MR) is 97.1 cm³/mol. The molecule has 142 valence electrons. The van der Waals surface area contributed by atoms with Gasteiger partial charge in [0.1, 0.15) is 0 Å². The minimum absolute atomic E-state index is 0.170. The quantitative estimate of drug-likeness (QED) is 0.713. The van der Waals surface area contributed by atoms with E-state index in [1.165, 1.54) is 6.42 Å². The fourth-order valence-electron chi connectivity index (χ4n) is 3.53. The SMILES string of the molecule is O=CNC(CC(=O)ON1CCN(c2ccncc2)CC1)N1CCCCC1. The first-order valence-corrected chi connectivity index (χ1v) is 9.31. The second-order valence-corrected chi connectivity index (χ2v) is 6.69. The van der Waals surface area contributed by atoms with Crippen LogP contribution in [-0.4, -0.2) is 72.8 Å². The van der Waals surface area contributed by atoms with Gasteiger partial charge in [-0.05, 0) is 25.0 Å². The number of rotatable bonds is 7. The Morgan fingerprint density at radius 1 is 1.12 bits per heavy atom. The summed E-state index contributed by atoms with van der Waals surface area (Å²) in [5, 5.41) is 4.48. The van der Waals surface area contributed by atoms with Crippen LogP contribution >= 0.6 is 0 Å². The number of amides is 1. The minimum atomic E-state index is -0.299. The van der Waals surface area contributed by atoms with Crippen molar-refractivity contribution in [2.75, 3.05) is 44.2 Å². The lowest BCUT2D eigenvalue weighted by Gasteiger charge is -2.36. The van der Waals surface area contributed by atoms with E-state index in [4.69, 9.17) is 4.84 Å². The van der Waals surface area contributed by atoms with Crippen LogP contribution in [0.2, 0.25) is 0 Å². The van der Waals surface area contributed by atoms with Crippen LogP contribution in [0.15, 0.2) is 24.5 Å². The summed E-state index contributed by atoms with van der Waals surface area (Å²) in [6.07, 6.45) is 7.52. The maximum absolute atomic E-state index is 12.3. The van der Waals surface area contributed by atoms with E-state index in [0.29, 0.717) is 19.5 Å². The number of likely N-dealkylation sites (tertiary alicyclic amines) is 1. The second-order valence-electron chi connectivity index (χ2n) is 6.69. The molecule has 1 amide bonds. The molecule has 2 aliphatic rings. The van der Waals surface area contributed by atoms with Gasteiger partial charge in [0.05, 0.1) is 25.7 Å². The van der Waals surface area contributed by atoms with Crippen LogP contribution in [0.5, 0.6) is 0 Å². The predicted octanol–water partition coefficient (Wildman–Crippen LogP) is 0.610. The third-order valence-corrected chi connectivity index (χ3v) is 4.95. The molecule has 3 rings (SSSR count). The van der Waals surface area contributed by atoms with E-state index >= 15 is 0 Å². The third-order valence-electron chi connectivity index (χ3n) is 4.95. The number of carbonyl (C=O) groups is 2. The van der Waals surface area contributed by atoms with Gasteiger partial charge in [-0.25, -0.2) is 0 Å². The molecule has 3 heterocycles. The fraction of sp³-hybridized carbons (Fsp3) is 0.611. The zero-order chi connectivity index (χ0) is 18.2. The van der Waals surface area contributed by atoms with Crippen LogP contribution in [0.25, 0.3) is 0 Å². The molecule has 26 heavy (non-hydrogen) atoms. The molecule has 2 aliphatic heterocycles. The van der Waals surface area contributed by atoms with Gasteiger partial charge in [0, 0.05) is 44.3 Å². The maximum atomic E-state index is 12.3. The van der Waals surface area contributed by atoms with Crippen molar-refractivity contribution in [3.63, 3.8) is 0 Å². The Morgan fingerprint density at radius 3 is 2.46 bits per heavy atom. The van der Waals surface area contributed by atoms with E-state index < -0.39 is 0 Å². The van der Waals surface area contributed by atoms with E-state index in [-0.39, 0.29) is 18.6 Å². The molecular weight excluding hydrogens is 334 g/mol. The fourth-order valence-corrected chi connectivity index (χ4v) is 3.53. The summed E-state index contributed by atoms with van der Waals surface area (Å²) in [6, 6.07) is 3.96. The molecule has 1 aromatic heterocycles. The molecule has 1 unspecified atom stereocenters. The Hall–Kier alpha value is -2.19. The summed E-state index contributed by atoms with van der Waals surface area (Å²) >= 11 is 0. The molecule has 0 aliphatic carbocycles. The zero-order valence-electron chi connectivity index (χ0n) is 15.0. The summed E-state index contributed by atoms with van der Waals surface area (Å²) in [4.78, 5) is 37.2. The largest absolute Gasteiger partial charge is 0.369 e. The van der Waals surface area contributed by atoms with Crippen molar-refractivity contribution in [1.82, 2.24) is 20.3 Å². The van der Waals surface area contributed by atoms with Gasteiger partial charge in [0.15, 0.2) is 0 Å². The van der Waals surface area contributed by atoms with Gasteiger partial charge in [0.2, 0.25) is 6.41 Å². The Balaban J connectivity index is 1.45. The van der Waals surface area contributed by atoms with Gasteiger partial charge < -0.3 is 15.1 Å². The molecular formula is C18H27N5O3. The number of hydroxylamine groups is 2. The summed E-state index contributed by atoms with van der Waals surface area (Å²) in [7, 11) is 0. The Labute approximate surface area is 154 Å². The number of aromatic nitrogens is 1. The molecule has 1 N–H and O–H groups in total. The normalized spacial score (nSPS) is 20.4. The number of hydrogen-bond donors (Lipinski definition) is 1. The number of piperazine rings is 1. The molecule has 2 fully saturated rings. The molecule has 8 nitrogen and oxygen atoms in total. The molecule has 8 heteroatoms. The molecule has 1 atom stereocenters. The van der Waals surface area contributed by atoms with Crippen LogP contribution in [0.4, 0.5) is 5.69 Å². The van der Waals surface area contributed by atoms with E-state index in [1.54, 1.807) is 17.5 Å². The van der Waals surface area contributed by atoms with Gasteiger partial charge in [-0.15, -0.1) is 5.06 Å². The molecule has 1 aromatic rings. The average Bonchev–Trinajstić information content (AvgIpc) is 2.69. The molecule has 0 saturated carbocycles. The van der Waals surface area contributed by atoms with Crippen molar-refractivity contribution < 1.29 is 14.4 Å². The highest BCUT2D eigenvalue weighted by Crippen LogP contribution is 2.16. The van der Waals surface area contributed by atoms with Gasteiger partial charge in [0.25, 0.3) is 0 Å². The van der Waals surface area contributed by atoms with Gasteiger partial charge in [-0.1, -0.05) is 6.42 Å². The Morgan fingerprint density at radius 2 is 1.81 bits per heavy atom. The monoisotopic (exact) mass is 361 g/mol. The molecule has 0 aromatic carbocycles.